The van der Waals surface area contributed by atoms with Crippen LogP contribution in [0.25, 0.3) is 11.4 Å². The van der Waals surface area contributed by atoms with E-state index in [-0.39, 0.29) is 0 Å². The normalized spacial score (nSPS) is 10.5. The average Bonchev–Trinajstić information content (AvgIpc) is 2.36. The van der Waals surface area contributed by atoms with E-state index in [2.05, 4.69) is 11.1 Å². The van der Waals surface area contributed by atoms with Gasteiger partial charge in [0.15, 0.2) is 0 Å². The van der Waals surface area contributed by atoms with Crippen molar-refractivity contribution in [1.82, 2.24) is 9.55 Å². The Labute approximate surface area is 59.5 Å². The molecule has 2 aliphatic rings. The van der Waals surface area contributed by atoms with Gasteiger partial charge < -0.3 is 4.57 Å². The van der Waals surface area contributed by atoms with Crippen LogP contribution in [-0.2, 0) is 7.05 Å². The van der Waals surface area contributed by atoms with E-state index in [0.717, 1.165) is 5.82 Å². The highest BCUT2D eigenvalue weighted by molar-refractivity contribution is 5.56. The van der Waals surface area contributed by atoms with Gasteiger partial charge in [0.1, 0.15) is 5.82 Å². The number of pyridine rings is 1. The Hall–Kier alpha value is -1.31. The van der Waals surface area contributed by atoms with Gasteiger partial charge in [0, 0.05) is 25.0 Å². The summed E-state index contributed by atoms with van der Waals surface area (Å²) in [6, 6.07) is 6.08. The van der Waals surface area contributed by atoms with Crippen LogP contribution in [0.2, 0.25) is 0 Å². The summed E-state index contributed by atoms with van der Waals surface area (Å²) >= 11 is 0. The predicted molar refractivity (Wildman–Crippen MR) is 39.8 cm³/mol. The molecule has 0 aromatic carbocycles. The first kappa shape index (κ1) is 5.47. The fourth-order valence-corrected chi connectivity index (χ4v) is 1.11. The Morgan fingerprint density at radius 2 is 2.30 bits per heavy atom. The number of hydrogen-bond acceptors (Lipinski definition) is 1. The van der Waals surface area contributed by atoms with Crippen LogP contribution in [0.3, 0.4) is 0 Å². The molecule has 0 saturated carbocycles. The summed E-state index contributed by atoms with van der Waals surface area (Å²) in [5.74, 6) is 1.04. The summed E-state index contributed by atoms with van der Waals surface area (Å²) in [4.78, 5) is 4.18. The molecule has 0 unspecified atom stereocenters. The van der Waals surface area contributed by atoms with E-state index in [1.807, 2.05) is 36.1 Å². The summed E-state index contributed by atoms with van der Waals surface area (Å²) in [7, 11) is 2.00. The molecule has 0 fully saturated rings. The lowest BCUT2D eigenvalue weighted by atomic mass is 10.2. The van der Waals surface area contributed by atoms with Gasteiger partial charge in [-0.3, -0.25) is 0 Å². The molecule has 0 aliphatic carbocycles. The van der Waals surface area contributed by atoms with Gasteiger partial charge in [-0.15, -0.1) is 0 Å². The second-order valence-corrected chi connectivity index (χ2v) is 2.34. The van der Waals surface area contributed by atoms with E-state index >= 15 is 0 Å². The van der Waals surface area contributed by atoms with Crippen LogP contribution in [0.5, 0.6) is 0 Å². The van der Waals surface area contributed by atoms with E-state index in [1.54, 1.807) is 0 Å². The van der Waals surface area contributed by atoms with Crippen LogP contribution in [-0.4, -0.2) is 9.55 Å². The molecule has 0 amide bonds. The number of nitrogens with zero attached hydrogens (tertiary/aromatic N) is 2. The molecular formula is C8H8N2. The predicted octanol–water partition coefficient (Wildman–Crippen LogP) is 1.52. The zero-order valence-corrected chi connectivity index (χ0v) is 5.78. The fourth-order valence-electron chi connectivity index (χ4n) is 1.11. The molecule has 0 aromatic rings. The average molecular weight is 132 g/mol. The molecule has 2 rings (SSSR count). The van der Waals surface area contributed by atoms with Gasteiger partial charge in [-0.1, -0.05) is 0 Å². The zero-order valence-electron chi connectivity index (χ0n) is 5.78. The fraction of sp³-hybridized carbons (Fsp3) is 0.125. The molecular weight excluding hydrogens is 124 g/mol. The van der Waals surface area contributed by atoms with Crippen molar-refractivity contribution in [2.45, 2.75) is 0 Å². The van der Waals surface area contributed by atoms with E-state index in [9.17, 15) is 0 Å². The molecule has 10 heavy (non-hydrogen) atoms. The van der Waals surface area contributed by atoms with Crippen LogP contribution in [0.1, 0.15) is 0 Å². The zero-order chi connectivity index (χ0) is 6.97. The third kappa shape index (κ3) is 0.620. The largest absolute Gasteiger partial charge is 0.336 e. The highest BCUT2D eigenvalue weighted by Gasteiger charge is 2.02. The Bertz CT molecular complexity index is 311. The quantitative estimate of drug-likeness (QED) is 0.531. The van der Waals surface area contributed by atoms with Crippen LogP contribution in [0, 0.1) is 0 Å². The molecule has 2 nitrogen and oxygen atoms in total. The van der Waals surface area contributed by atoms with Gasteiger partial charge >= 0.3 is 0 Å². The van der Waals surface area contributed by atoms with Crippen LogP contribution in [0.4, 0.5) is 0 Å². The van der Waals surface area contributed by atoms with Crippen LogP contribution < -0.4 is 0 Å². The van der Waals surface area contributed by atoms with Gasteiger partial charge in [-0.2, -0.15) is 0 Å². The third-order valence-electron chi connectivity index (χ3n) is 1.63. The SMILES string of the molecule is Cn1cccc2ccnc1-2. The topological polar surface area (TPSA) is 17.8 Å². The first-order chi connectivity index (χ1) is 4.88. The molecule has 2 heterocycles. The van der Waals surface area contributed by atoms with Crippen LogP contribution >= 0.6 is 0 Å². The lowest BCUT2D eigenvalue weighted by Crippen LogP contribution is -1.94. The number of fused-ring (bicyclic) bond motifs is 1. The molecule has 50 valence electrons. The number of aromatic nitrogens is 2. The van der Waals surface area contributed by atoms with E-state index in [1.165, 1.54) is 5.56 Å². The van der Waals surface area contributed by atoms with Gasteiger partial charge in [-0.05, 0) is 18.2 Å². The summed E-state index contributed by atoms with van der Waals surface area (Å²) in [5.41, 5.74) is 1.20. The maximum Gasteiger partial charge on any atom is 0.139 e. The molecule has 0 spiro atoms. The summed E-state index contributed by atoms with van der Waals surface area (Å²) in [5, 5.41) is 0. The van der Waals surface area contributed by atoms with Crippen molar-refractivity contribution in [2.24, 2.45) is 7.05 Å². The van der Waals surface area contributed by atoms with Gasteiger partial charge in [0.25, 0.3) is 0 Å². The van der Waals surface area contributed by atoms with Crippen molar-refractivity contribution in [3.63, 3.8) is 0 Å². The van der Waals surface area contributed by atoms with E-state index in [4.69, 9.17) is 0 Å². The van der Waals surface area contributed by atoms with Crippen molar-refractivity contribution in [3.8, 4) is 11.4 Å². The summed E-state index contributed by atoms with van der Waals surface area (Å²) in [6.45, 7) is 0. The molecule has 0 radical (unpaired) electrons. The molecule has 0 saturated heterocycles. The minimum atomic E-state index is 1.04. The highest BCUT2D eigenvalue weighted by Crippen LogP contribution is 2.16. The van der Waals surface area contributed by atoms with Gasteiger partial charge in [0.2, 0.25) is 0 Å². The lowest BCUT2D eigenvalue weighted by Gasteiger charge is -2.02. The van der Waals surface area contributed by atoms with E-state index < -0.39 is 0 Å². The highest BCUT2D eigenvalue weighted by atomic mass is 15.0. The Balaban J connectivity index is 2.80. The summed E-state index contributed by atoms with van der Waals surface area (Å²) < 4.78 is 2.01. The maximum absolute atomic E-state index is 4.18. The van der Waals surface area contributed by atoms with Crippen molar-refractivity contribution < 1.29 is 0 Å². The number of hydrogen-bond donors (Lipinski definition) is 0. The molecule has 2 heteroatoms. The molecule has 0 atom stereocenters. The summed E-state index contributed by atoms with van der Waals surface area (Å²) in [6.07, 6.45) is 3.82. The van der Waals surface area contributed by atoms with Crippen LogP contribution in [0.15, 0.2) is 30.6 Å². The van der Waals surface area contributed by atoms with Crippen molar-refractivity contribution in [1.29, 1.82) is 0 Å². The number of aryl methyl sites for hydroxylation is 1. The minimum Gasteiger partial charge on any atom is -0.336 e. The van der Waals surface area contributed by atoms with Gasteiger partial charge in [-0.25, -0.2) is 4.98 Å². The number of rotatable bonds is 0. The van der Waals surface area contributed by atoms with Crippen molar-refractivity contribution >= 4 is 0 Å². The Kier molecular flexibility index (Phi) is 1.01. The molecule has 2 aliphatic heterocycles. The monoisotopic (exact) mass is 132 g/mol. The smallest absolute Gasteiger partial charge is 0.139 e. The molecule has 0 N–H and O–H groups in total. The van der Waals surface area contributed by atoms with E-state index in [0.29, 0.717) is 0 Å². The first-order valence-electron chi connectivity index (χ1n) is 3.24. The first-order valence-corrected chi connectivity index (χ1v) is 3.24. The standard InChI is InChI=1S/C8H8N2/c1-10-6-2-3-7-4-5-9-8(7)10/h2-6H,1H3. The van der Waals surface area contributed by atoms with Gasteiger partial charge in [0.05, 0.1) is 0 Å². The maximum atomic E-state index is 4.18. The molecule has 0 aromatic heterocycles. The second-order valence-electron chi connectivity index (χ2n) is 2.34. The third-order valence-corrected chi connectivity index (χ3v) is 1.63. The second kappa shape index (κ2) is 1.84. The Morgan fingerprint density at radius 3 is 3.10 bits per heavy atom. The lowest BCUT2D eigenvalue weighted by molar-refractivity contribution is 0.891. The Morgan fingerprint density at radius 1 is 1.40 bits per heavy atom. The molecule has 0 bridgehead atoms. The van der Waals surface area contributed by atoms with Crippen molar-refractivity contribution in [2.75, 3.05) is 0 Å². The van der Waals surface area contributed by atoms with Crippen molar-refractivity contribution in [3.05, 3.63) is 30.6 Å². The minimum absolute atomic E-state index is 1.04.